The number of halogens is 2. The predicted octanol–water partition coefficient (Wildman–Crippen LogP) is 3.54. The van der Waals surface area contributed by atoms with E-state index in [2.05, 4.69) is 5.43 Å². The van der Waals surface area contributed by atoms with Crippen molar-refractivity contribution >= 4 is 0 Å². The average Bonchev–Trinajstić information content (AvgIpc) is 2.46. The van der Waals surface area contributed by atoms with Gasteiger partial charge in [-0.2, -0.15) is 0 Å². The van der Waals surface area contributed by atoms with Gasteiger partial charge >= 0.3 is 0 Å². The molecular weight excluding hydrogens is 270 g/mol. The van der Waals surface area contributed by atoms with E-state index in [9.17, 15) is 8.78 Å². The molecule has 0 radical (unpaired) electrons. The second kappa shape index (κ2) is 5.03. The van der Waals surface area contributed by atoms with Gasteiger partial charge < -0.3 is 0 Å². The Labute approximate surface area is 124 Å². The highest BCUT2D eigenvalue weighted by Gasteiger charge is 2.51. The molecule has 4 aliphatic rings. The van der Waals surface area contributed by atoms with E-state index in [0.29, 0.717) is 23.3 Å². The Morgan fingerprint density at radius 2 is 1.62 bits per heavy atom. The number of benzene rings is 1. The van der Waals surface area contributed by atoms with Gasteiger partial charge in [-0.1, -0.05) is 12.1 Å². The summed E-state index contributed by atoms with van der Waals surface area (Å²) in [6, 6.07) is 4.15. The minimum absolute atomic E-state index is 0.268. The Morgan fingerprint density at radius 1 is 1.00 bits per heavy atom. The van der Waals surface area contributed by atoms with Crippen molar-refractivity contribution in [3.8, 4) is 0 Å². The monoisotopic (exact) mass is 292 g/mol. The molecular formula is C17H22F2N2. The first-order chi connectivity index (χ1) is 10.2. The molecule has 3 N–H and O–H groups in total. The number of rotatable bonds is 3. The fourth-order valence-corrected chi connectivity index (χ4v) is 5.68. The lowest BCUT2D eigenvalue weighted by atomic mass is 9.50. The van der Waals surface area contributed by atoms with Crippen molar-refractivity contribution < 1.29 is 8.78 Å². The van der Waals surface area contributed by atoms with Crippen LogP contribution in [0.2, 0.25) is 0 Å². The van der Waals surface area contributed by atoms with E-state index in [0.717, 1.165) is 11.8 Å². The molecule has 1 atom stereocenters. The Morgan fingerprint density at radius 3 is 2.19 bits per heavy atom. The van der Waals surface area contributed by atoms with Crippen molar-refractivity contribution in [3.63, 3.8) is 0 Å². The van der Waals surface area contributed by atoms with E-state index in [4.69, 9.17) is 5.84 Å². The fraction of sp³-hybridized carbons (Fsp3) is 0.647. The van der Waals surface area contributed by atoms with Gasteiger partial charge in [-0.25, -0.2) is 8.78 Å². The molecule has 0 spiro atoms. The van der Waals surface area contributed by atoms with Gasteiger partial charge in [0.25, 0.3) is 0 Å². The third-order valence-electron chi connectivity index (χ3n) is 6.18. The quantitative estimate of drug-likeness (QED) is 0.660. The zero-order chi connectivity index (χ0) is 14.6. The number of hydrogen-bond donors (Lipinski definition) is 2. The van der Waals surface area contributed by atoms with Gasteiger partial charge in [-0.05, 0) is 67.8 Å². The highest BCUT2D eigenvalue weighted by Crippen LogP contribution is 2.59. The Balaban J connectivity index is 1.68. The second-order valence-electron chi connectivity index (χ2n) is 7.30. The van der Waals surface area contributed by atoms with Crippen LogP contribution in [0.5, 0.6) is 0 Å². The van der Waals surface area contributed by atoms with Gasteiger partial charge in [0.15, 0.2) is 11.6 Å². The maximum absolute atomic E-state index is 14.2. The summed E-state index contributed by atoms with van der Waals surface area (Å²) in [5.74, 6) is 7.54. The van der Waals surface area contributed by atoms with Gasteiger partial charge in [0.05, 0.1) is 6.04 Å². The molecule has 21 heavy (non-hydrogen) atoms. The van der Waals surface area contributed by atoms with Crippen LogP contribution in [0.25, 0.3) is 0 Å². The molecule has 5 rings (SSSR count). The molecule has 4 aliphatic carbocycles. The van der Waals surface area contributed by atoms with E-state index in [1.165, 1.54) is 38.2 Å². The van der Waals surface area contributed by atoms with Crippen LogP contribution >= 0.6 is 0 Å². The fourth-order valence-electron chi connectivity index (χ4n) is 5.68. The molecule has 4 bridgehead atoms. The van der Waals surface area contributed by atoms with Crippen molar-refractivity contribution in [2.45, 2.75) is 38.1 Å². The van der Waals surface area contributed by atoms with Crippen LogP contribution in [-0.2, 0) is 0 Å². The molecule has 1 unspecified atom stereocenters. The summed E-state index contributed by atoms with van der Waals surface area (Å²) in [6.07, 6.45) is 6.36. The summed E-state index contributed by atoms with van der Waals surface area (Å²) in [7, 11) is 0. The smallest absolute Gasteiger partial charge is 0.163 e. The Kier molecular flexibility index (Phi) is 3.27. The SMILES string of the molecule is NNC(c1cccc(F)c1F)C1C2CC3CC(C2)CC1C3. The number of hydrogen-bond acceptors (Lipinski definition) is 2. The third kappa shape index (κ3) is 2.11. The first-order valence-electron chi connectivity index (χ1n) is 8.07. The van der Waals surface area contributed by atoms with Crippen molar-refractivity contribution in [1.29, 1.82) is 0 Å². The molecule has 1 aromatic rings. The van der Waals surface area contributed by atoms with Crippen molar-refractivity contribution in [1.82, 2.24) is 5.43 Å². The van der Waals surface area contributed by atoms with E-state index in [-0.39, 0.29) is 6.04 Å². The summed E-state index contributed by atoms with van der Waals surface area (Å²) in [5, 5.41) is 0. The molecule has 4 saturated carbocycles. The number of hydrazine groups is 1. The zero-order valence-electron chi connectivity index (χ0n) is 12.1. The molecule has 2 nitrogen and oxygen atoms in total. The lowest BCUT2D eigenvalue weighted by molar-refractivity contribution is -0.0530. The zero-order valence-corrected chi connectivity index (χ0v) is 12.1. The number of nitrogens with two attached hydrogens (primary N) is 1. The van der Waals surface area contributed by atoms with E-state index >= 15 is 0 Å². The summed E-state index contributed by atoms with van der Waals surface area (Å²) in [4.78, 5) is 0. The van der Waals surface area contributed by atoms with Crippen LogP contribution in [0.15, 0.2) is 18.2 Å². The first kappa shape index (κ1) is 13.6. The van der Waals surface area contributed by atoms with Gasteiger partial charge in [-0.15, -0.1) is 0 Å². The van der Waals surface area contributed by atoms with Crippen LogP contribution < -0.4 is 11.3 Å². The summed E-state index contributed by atoms with van der Waals surface area (Å²) in [5.41, 5.74) is 3.21. The largest absolute Gasteiger partial charge is 0.271 e. The van der Waals surface area contributed by atoms with Crippen molar-refractivity contribution in [2.75, 3.05) is 0 Å². The molecule has 4 fully saturated rings. The Hall–Kier alpha value is -1.00. The maximum Gasteiger partial charge on any atom is 0.163 e. The van der Waals surface area contributed by atoms with Gasteiger partial charge in [-0.3, -0.25) is 11.3 Å². The van der Waals surface area contributed by atoms with Crippen LogP contribution in [0.4, 0.5) is 8.78 Å². The number of nitrogens with one attached hydrogen (secondary N) is 1. The van der Waals surface area contributed by atoms with E-state index in [1.54, 1.807) is 12.1 Å². The highest BCUT2D eigenvalue weighted by atomic mass is 19.2. The topological polar surface area (TPSA) is 38.0 Å². The molecule has 0 amide bonds. The van der Waals surface area contributed by atoms with Crippen LogP contribution in [0.3, 0.4) is 0 Å². The third-order valence-corrected chi connectivity index (χ3v) is 6.18. The van der Waals surface area contributed by atoms with Crippen LogP contribution in [0, 0.1) is 41.2 Å². The predicted molar refractivity (Wildman–Crippen MR) is 77.0 cm³/mol. The average molecular weight is 292 g/mol. The molecule has 114 valence electrons. The molecule has 0 aromatic heterocycles. The van der Waals surface area contributed by atoms with Gasteiger partial charge in [0, 0.05) is 5.56 Å². The van der Waals surface area contributed by atoms with E-state index < -0.39 is 11.6 Å². The van der Waals surface area contributed by atoms with Crippen molar-refractivity contribution in [3.05, 3.63) is 35.4 Å². The normalized spacial score (nSPS) is 38.7. The summed E-state index contributed by atoms with van der Waals surface area (Å²) < 4.78 is 27.7. The molecule has 0 heterocycles. The van der Waals surface area contributed by atoms with Crippen LogP contribution in [-0.4, -0.2) is 0 Å². The first-order valence-corrected chi connectivity index (χ1v) is 8.07. The van der Waals surface area contributed by atoms with Gasteiger partial charge in [0.1, 0.15) is 0 Å². The molecule has 1 aromatic carbocycles. The maximum atomic E-state index is 14.2. The van der Waals surface area contributed by atoms with Crippen molar-refractivity contribution in [2.24, 2.45) is 35.4 Å². The van der Waals surface area contributed by atoms with E-state index in [1.807, 2.05) is 0 Å². The molecule has 0 saturated heterocycles. The minimum atomic E-state index is -0.781. The molecule has 0 aliphatic heterocycles. The highest BCUT2D eigenvalue weighted by molar-refractivity contribution is 5.24. The Bertz CT molecular complexity index is 518. The lowest BCUT2D eigenvalue weighted by Crippen LogP contribution is -2.50. The summed E-state index contributed by atoms with van der Waals surface area (Å²) >= 11 is 0. The standard InChI is InChI=1S/C17H22F2N2/c18-14-3-1-2-13(16(14)19)17(21-20)15-11-5-9-4-10(7-11)8-12(15)6-9/h1-3,9-12,15,17,21H,4-8,20H2. The lowest BCUT2D eigenvalue weighted by Gasteiger charge is -2.56. The second-order valence-corrected chi connectivity index (χ2v) is 7.30. The van der Waals surface area contributed by atoms with Crippen LogP contribution in [0.1, 0.15) is 43.7 Å². The van der Waals surface area contributed by atoms with Gasteiger partial charge in [0.2, 0.25) is 0 Å². The summed E-state index contributed by atoms with van der Waals surface area (Å²) in [6.45, 7) is 0. The minimum Gasteiger partial charge on any atom is -0.271 e. The molecule has 4 heteroatoms.